The standard InChI is InChI=1S/C32H29P3/c1-6-16-27(17-7-1)33-26-32(34(28-18-8-2-9-19-28)29-20-10-3-11-21-29)35(30-22-12-4-13-23-30)31-24-14-5-15-25-31/h1-25,32-33H,26H2. The van der Waals surface area contributed by atoms with Crippen molar-refractivity contribution >= 4 is 50.9 Å². The average molecular weight is 507 g/mol. The van der Waals surface area contributed by atoms with E-state index in [0.29, 0.717) is 5.40 Å². The van der Waals surface area contributed by atoms with Gasteiger partial charge in [0, 0.05) is 5.40 Å². The lowest BCUT2D eigenvalue weighted by atomic mass is 10.4. The van der Waals surface area contributed by atoms with E-state index >= 15 is 0 Å². The van der Waals surface area contributed by atoms with Crippen LogP contribution in [0.4, 0.5) is 0 Å². The summed E-state index contributed by atoms with van der Waals surface area (Å²) in [5.41, 5.74) is 0. The summed E-state index contributed by atoms with van der Waals surface area (Å²) >= 11 is 0. The predicted molar refractivity (Wildman–Crippen MR) is 161 cm³/mol. The third kappa shape index (κ3) is 6.15. The highest BCUT2D eigenvalue weighted by Gasteiger charge is 2.33. The van der Waals surface area contributed by atoms with Crippen LogP contribution in [0.2, 0.25) is 0 Å². The third-order valence-electron chi connectivity index (χ3n) is 6.00. The SMILES string of the molecule is c1ccc(PCC(P(c2ccccc2)c2ccccc2)P(c2ccccc2)c2ccccc2)cc1. The van der Waals surface area contributed by atoms with Gasteiger partial charge in [0.2, 0.25) is 0 Å². The van der Waals surface area contributed by atoms with Crippen molar-refractivity contribution in [1.82, 2.24) is 0 Å². The molecule has 35 heavy (non-hydrogen) atoms. The van der Waals surface area contributed by atoms with E-state index in [-0.39, 0.29) is 0 Å². The molecule has 0 bridgehead atoms. The molecule has 0 saturated carbocycles. The van der Waals surface area contributed by atoms with Gasteiger partial charge in [-0.25, -0.2) is 0 Å². The quantitative estimate of drug-likeness (QED) is 0.198. The summed E-state index contributed by atoms with van der Waals surface area (Å²) in [6, 6.07) is 56.0. The Labute approximate surface area is 213 Å². The van der Waals surface area contributed by atoms with Crippen molar-refractivity contribution in [3.8, 4) is 0 Å². The zero-order valence-corrected chi connectivity index (χ0v) is 22.4. The minimum Gasteiger partial charge on any atom is -0.0894 e. The zero-order chi connectivity index (χ0) is 23.7. The minimum absolute atomic E-state index is 0.521. The summed E-state index contributed by atoms with van der Waals surface area (Å²) in [7, 11) is -0.340. The molecule has 1 unspecified atom stereocenters. The van der Waals surface area contributed by atoms with Crippen LogP contribution in [-0.4, -0.2) is 11.6 Å². The second-order valence-electron chi connectivity index (χ2n) is 8.31. The smallest absolute Gasteiger partial charge is 0.0194 e. The molecule has 0 fully saturated rings. The Kier molecular flexibility index (Phi) is 8.53. The monoisotopic (exact) mass is 506 g/mol. The van der Waals surface area contributed by atoms with E-state index in [9.17, 15) is 0 Å². The van der Waals surface area contributed by atoms with Crippen molar-refractivity contribution in [3.63, 3.8) is 0 Å². The Hall–Kier alpha value is -2.61. The summed E-state index contributed by atoms with van der Waals surface area (Å²) in [4.78, 5) is 0. The highest BCUT2D eigenvalue weighted by atomic mass is 31.2. The number of hydrogen-bond acceptors (Lipinski definition) is 0. The molecule has 0 aliphatic carbocycles. The molecule has 0 saturated heterocycles. The summed E-state index contributed by atoms with van der Waals surface area (Å²) < 4.78 is 0. The summed E-state index contributed by atoms with van der Waals surface area (Å²) in [6.45, 7) is 0. The first-order valence-corrected chi connectivity index (χ1v) is 16.0. The van der Waals surface area contributed by atoms with Crippen LogP contribution in [0.5, 0.6) is 0 Å². The zero-order valence-electron chi connectivity index (χ0n) is 19.6. The van der Waals surface area contributed by atoms with Gasteiger partial charge >= 0.3 is 0 Å². The third-order valence-corrected chi connectivity index (χ3v) is 14.4. The fourth-order valence-corrected chi connectivity index (χ4v) is 13.7. The molecule has 5 aromatic rings. The van der Waals surface area contributed by atoms with Crippen molar-refractivity contribution in [2.45, 2.75) is 5.40 Å². The topological polar surface area (TPSA) is 0 Å². The highest BCUT2D eigenvalue weighted by Crippen LogP contribution is 2.57. The van der Waals surface area contributed by atoms with Crippen molar-refractivity contribution in [3.05, 3.63) is 152 Å². The molecule has 5 rings (SSSR count). The lowest BCUT2D eigenvalue weighted by Gasteiger charge is -2.36. The van der Waals surface area contributed by atoms with Crippen LogP contribution in [0.3, 0.4) is 0 Å². The molecular weight excluding hydrogens is 477 g/mol. The highest BCUT2D eigenvalue weighted by molar-refractivity contribution is 7.90. The van der Waals surface area contributed by atoms with Crippen molar-refractivity contribution in [2.24, 2.45) is 0 Å². The minimum atomic E-state index is -0.561. The van der Waals surface area contributed by atoms with E-state index < -0.39 is 15.8 Å². The van der Waals surface area contributed by atoms with Gasteiger partial charge in [0.05, 0.1) is 0 Å². The molecule has 0 aliphatic heterocycles. The van der Waals surface area contributed by atoms with Crippen LogP contribution in [0.1, 0.15) is 0 Å². The van der Waals surface area contributed by atoms with Crippen molar-refractivity contribution in [1.29, 1.82) is 0 Å². The fourth-order valence-electron chi connectivity index (χ4n) is 4.40. The van der Waals surface area contributed by atoms with Gasteiger partial charge in [0.25, 0.3) is 0 Å². The predicted octanol–water partition coefficient (Wildman–Crippen LogP) is 6.58. The Balaban J connectivity index is 1.67. The van der Waals surface area contributed by atoms with Crippen LogP contribution >= 0.6 is 24.4 Å². The first-order chi connectivity index (χ1) is 17.4. The second kappa shape index (κ2) is 12.4. The van der Waals surface area contributed by atoms with Crippen LogP contribution < -0.4 is 26.5 Å². The van der Waals surface area contributed by atoms with E-state index in [0.717, 1.165) is 8.58 Å². The van der Waals surface area contributed by atoms with Crippen molar-refractivity contribution < 1.29 is 0 Å². The Bertz CT molecular complexity index is 1120. The lowest BCUT2D eigenvalue weighted by molar-refractivity contribution is 1.40. The molecule has 0 N–H and O–H groups in total. The molecule has 172 valence electrons. The van der Waals surface area contributed by atoms with Crippen LogP contribution in [0.25, 0.3) is 0 Å². The van der Waals surface area contributed by atoms with Gasteiger partial charge in [0.1, 0.15) is 0 Å². The number of benzene rings is 5. The van der Waals surface area contributed by atoms with E-state index in [2.05, 4.69) is 152 Å². The maximum Gasteiger partial charge on any atom is 0.0194 e. The summed E-state index contributed by atoms with van der Waals surface area (Å²) in [5.74, 6) is 0. The maximum absolute atomic E-state index is 2.35. The maximum atomic E-state index is 2.35. The summed E-state index contributed by atoms with van der Waals surface area (Å²) in [5, 5.41) is 7.84. The van der Waals surface area contributed by atoms with Gasteiger partial charge in [-0.1, -0.05) is 160 Å². The molecule has 0 heterocycles. The fraction of sp³-hybridized carbons (Fsp3) is 0.0625. The molecule has 0 amide bonds. The molecule has 3 heteroatoms. The van der Waals surface area contributed by atoms with Gasteiger partial charge in [-0.3, -0.25) is 0 Å². The van der Waals surface area contributed by atoms with E-state index in [1.165, 1.54) is 32.7 Å². The van der Waals surface area contributed by atoms with E-state index in [4.69, 9.17) is 0 Å². The molecule has 1 atom stereocenters. The molecule has 0 aliphatic rings. The first kappa shape index (κ1) is 24.1. The first-order valence-electron chi connectivity index (χ1n) is 12.0. The van der Waals surface area contributed by atoms with Gasteiger partial charge in [-0.2, -0.15) is 0 Å². The lowest BCUT2D eigenvalue weighted by Crippen LogP contribution is -2.29. The van der Waals surface area contributed by atoms with Crippen molar-refractivity contribution in [2.75, 3.05) is 6.16 Å². The molecule has 5 aromatic carbocycles. The molecule has 0 nitrogen and oxygen atoms in total. The Morgan fingerprint density at radius 3 is 1.00 bits per heavy atom. The van der Waals surface area contributed by atoms with E-state index in [1.807, 2.05) is 0 Å². The molecular formula is C32H29P3. The number of hydrogen-bond donors (Lipinski definition) is 0. The van der Waals surface area contributed by atoms with Gasteiger partial charge in [-0.15, -0.1) is 0 Å². The Morgan fingerprint density at radius 1 is 0.400 bits per heavy atom. The molecule has 0 radical (unpaired) electrons. The largest absolute Gasteiger partial charge is 0.0894 e. The van der Waals surface area contributed by atoms with Gasteiger partial charge < -0.3 is 0 Å². The summed E-state index contributed by atoms with van der Waals surface area (Å²) in [6.07, 6.45) is 1.18. The molecule has 0 spiro atoms. The second-order valence-corrected chi connectivity index (χ2v) is 14.8. The van der Waals surface area contributed by atoms with Crippen LogP contribution in [-0.2, 0) is 0 Å². The Morgan fingerprint density at radius 2 is 0.686 bits per heavy atom. The van der Waals surface area contributed by atoms with E-state index in [1.54, 1.807) is 0 Å². The average Bonchev–Trinajstić information content (AvgIpc) is 2.95. The normalized spacial score (nSPS) is 11.6. The van der Waals surface area contributed by atoms with Gasteiger partial charge in [-0.05, 0) is 48.5 Å². The van der Waals surface area contributed by atoms with Crippen LogP contribution in [0.15, 0.2) is 152 Å². The van der Waals surface area contributed by atoms with Gasteiger partial charge in [0.15, 0.2) is 0 Å². The molecule has 0 aromatic heterocycles. The number of rotatable bonds is 9. The van der Waals surface area contributed by atoms with Crippen LogP contribution in [0, 0.1) is 0 Å².